The van der Waals surface area contributed by atoms with Crippen LogP contribution in [0.3, 0.4) is 0 Å². The van der Waals surface area contributed by atoms with Crippen molar-refractivity contribution in [1.82, 2.24) is 9.97 Å². The number of carbonyl (C=O) groups is 1. The SMILES string of the molecule is CC(C)Oc1cc(N(Cc2cncnc2)c2ccc(C(=O)OC(C)(C)C)cc2)ccc1OC(F)F. The van der Waals surface area contributed by atoms with Crippen molar-refractivity contribution in [2.45, 2.75) is 59.5 Å². The Labute approximate surface area is 203 Å². The number of benzene rings is 2. The zero-order valence-electron chi connectivity index (χ0n) is 20.4. The molecule has 0 spiro atoms. The van der Waals surface area contributed by atoms with Crippen LogP contribution in [-0.4, -0.2) is 34.3 Å². The number of ether oxygens (including phenoxy) is 3. The maximum absolute atomic E-state index is 12.9. The Hall–Kier alpha value is -3.75. The first-order chi connectivity index (χ1) is 16.5. The third-order valence-electron chi connectivity index (χ3n) is 4.59. The topological polar surface area (TPSA) is 73.8 Å². The van der Waals surface area contributed by atoms with Crippen LogP contribution in [0.15, 0.2) is 61.2 Å². The molecule has 0 saturated heterocycles. The number of halogens is 2. The Balaban J connectivity index is 2.00. The summed E-state index contributed by atoms with van der Waals surface area (Å²) in [7, 11) is 0. The van der Waals surface area contributed by atoms with Crippen molar-refractivity contribution in [3.8, 4) is 11.5 Å². The van der Waals surface area contributed by atoms with Crippen molar-refractivity contribution < 1.29 is 27.8 Å². The average molecular weight is 486 g/mol. The second-order valence-corrected chi connectivity index (χ2v) is 9.06. The van der Waals surface area contributed by atoms with E-state index in [2.05, 4.69) is 14.7 Å². The summed E-state index contributed by atoms with van der Waals surface area (Å²) >= 11 is 0. The predicted octanol–water partition coefficient (Wildman–Crippen LogP) is 6.16. The number of aromatic nitrogens is 2. The molecule has 7 nitrogen and oxygen atoms in total. The first kappa shape index (κ1) is 25.9. The third-order valence-corrected chi connectivity index (χ3v) is 4.59. The van der Waals surface area contributed by atoms with Gasteiger partial charge >= 0.3 is 12.6 Å². The molecule has 0 amide bonds. The lowest BCUT2D eigenvalue weighted by molar-refractivity contribution is -0.0519. The van der Waals surface area contributed by atoms with Crippen molar-refractivity contribution in [3.63, 3.8) is 0 Å². The standard InChI is InChI=1S/C26H29F2N3O4/c1-17(2)33-23-12-21(10-11-22(23)34-25(27)28)31(15-18-13-29-16-30-14-18)20-8-6-19(7-9-20)24(32)35-26(3,4)5/h6-14,16-17,25H,15H2,1-5H3. The summed E-state index contributed by atoms with van der Waals surface area (Å²) in [6.45, 7) is 6.42. The molecule has 186 valence electrons. The van der Waals surface area contributed by atoms with Crippen LogP contribution >= 0.6 is 0 Å². The zero-order valence-corrected chi connectivity index (χ0v) is 20.4. The van der Waals surface area contributed by atoms with Crippen molar-refractivity contribution in [2.75, 3.05) is 4.90 Å². The van der Waals surface area contributed by atoms with Gasteiger partial charge in [0.15, 0.2) is 11.5 Å². The average Bonchev–Trinajstić information content (AvgIpc) is 2.78. The molecule has 0 unspecified atom stereocenters. The Morgan fingerprint density at radius 2 is 1.57 bits per heavy atom. The smallest absolute Gasteiger partial charge is 0.387 e. The highest BCUT2D eigenvalue weighted by atomic mass is 19.3. The lowest BCUT2D eigenvalue weighted by Gasteiger charge is -2.27. The Morgan fingerprint density at radius 3 is 2.14 bits per heavy atom. The Morgan fingerprint density at radius 1 is 0.943 bits per heavy atom. The number of esters is 1. The molecule has 3 rings (SSSR count). The fourth-order valence-electron chi connectivity index (χ4n) is 3.24. The Kier molecular flexibility index (Phi) is 8.22. The van der Waals surface area contributed by atoms with E-state index in [0.29, 0.717) is 17.8 Å². The number of nitrogens with zero attached hydrogens (tertiary/aromatic N) is 3. The monoisotopic (exact) mass is 485 g/mol. The fourth-order valence-corrected chi connectivity index (χ4v) is 3.24. The van der Waals surface area contributed by atoms with Crippen LogP contribution in [0, 0.1) is 0 Å². The molecule has 0 bridgehead atoms. The van der Waals surface area contributed by atoms with Crippen molar-refractivity contribution in [3.05, 3.63) is 72.3 Å². The quantitative estimate of drug-likeness (QED) is 0.336. The zero-order chi connectivity index (χ0) is 25.6. The van der Waals surface area contributed by atoms with Gasteiger partial charge in [0.25, 0.3) is 0 Å². The normalized spacial score (nSPS) is 11.5. The summed E-state index contributed by atoms with van der Waals surface area (Å²) in [4.78, 5) is 22.5. The molecule has 0 saturated carbocycles. The lowest BCUT2D eigenvalue weighted by atomic mass is 10.1. The van der Waals surface area contributed by atoms with Gasteiger partial charge in [0.1, 0.15) is 11.9 Å². The molecule has 3 aromatic rings. The van der Waals surface area contributed by atoms with Gasteiger partial charge in [0.05, 0.1) is 18.2 Å². The number of hydrogen-bond donors (Lipinski definition) is 0. The molecular formula is C26H29F2N3O4. The molecule has 0 fully saturated rings. The summed E-state index contributed by atoms with van der Waals surface area (Å²) in [5.74, 6) is -0.286. The molecule has 35 heavy (non-hydrogen) atoms. The molecule has 0 atom stereocenters. The fraction of sp³-hybridized carbons (Fsp3) is 0.346. The second kappa shape index (κ2) is 11.1. The van der Waals surface area contributed by atoms with E-state index in [9.17, 15) is 13.6 Å². The van der Waals surface area contributed by atoms with Gasteiger partial charge in [-0.1, -0.05) is 0 Å². The molecule has 1 aromatic heterocycles. The van der Waals surface area contributed by atoms with Gasteiger partial charge in [-0.2, -0.15) is 8.78 Å². The molecule has 2 aromatic carbocycles. The van der Waals surface area contributed by atoms with Crippen LogP contribution in [0.25, 0.3) is 0 Å². The van der Waals surface area contributed by atoms with E-state index in [0.717, 1.165) is 11.3 Å². The van der Waals surface area contributed by atoms with Gasteiger partial charge in [-0.25, -0.2) is 14.8 Å². The number of anilines is 2. The van der Waals surface area contributed by atoms with Crippen LogP contribution in [0.1, 0.15) is 50.5 Å². The second-order valence-electron chi connectivity index (χ2n) is 9.06. The van der Waals surface area contributed by atoms with E-state index in [-0.39, 0.29) is 17.6 Å². The van der Waals surface area contributed by atoms with Gasteiger partial charge in [-0.3, -0.25) is 0 Å². The van der Waals surface area contributed by atoms with Gasteiger partial charge < -0.3 is 19.1 Å². The summed E-state index contributed by atoms with van der Waals surface area (Å²) in [5, 5.41) is 0. The highest BCUT2D eigenvalue weighted by molar-refractivity contribution is 5.90. The first-order valence-corrected chi connectivity index (χ1v) is 11.1. The van der Waals surface area contributed by atoms with Crippen LogP contribution in [0.4, 0.5) is 20.2 Å². The molecule has 0 radical (unpaired) electrons. The molecular weight excluding hydrogens is 456 g/mol. The molecule has 0 N–H and O–H groups in total. The minimum Gasteiger partial charge on any atom is -0.487 e. The van der Waals surface area contributed by atoms with E-state index in [4.69, 9.17) is 9.47 Å². The molecule has 0 aliphatic carbocycles. The Bertz CT molecular complexity index is 1120. The summed E-state index contributed by atoms with van der Waals surface area (Å²) in [6, 6.07) is 11.7. The first-order valence-electron chi connectivity index (χ1n) is 11.1. The van der Waals surface area contributed by atoms with Crippen molar-refractivity contribution in [1.29, 1.82) is 0 Å². The number of carbonyl (C=O) groups excluding carboxylic acids is 1. The van der Waals surface area contributed by atoms with Crippen LogP contribution < -0.4 is 14.4 Å². The maximum atomic E-state index is 12.9. The molecule has 1 heterocycles. The van der Waals surface area contributed by atoms with E-state index in [1.54, 1.807) is 83.4 Å². The van der Waals surface area contributed by atoms with Crippen LogP contribution in [-0.2, 0) is 11.3 Å². The minimum absolute atomic E-state index is 0.0549. The lowest BCUT2D eigenvalue weighted by Crippen LogP contribution is -2.24. The van der Waals surface area contributed by atoms with Crippen molar-refractivity contribution in [2.24, 2.45) is 0 Å². The van der Waals surface area contributed by atoms with Crippen molar-refractivity contribution >= 4 is 17.3 Å². The third kappa shape index (κ3) is 7.63. The predicted molar refractivity (Wildman–Crippen MR) is 128 cm³/mol. The van der Waals surface area contributed by atoms with Gasteiger partial charge in [0, 0.05) is 35.4 Å². The van der Waals surface area contributed by atoms with Gasteiger partial charge in [0.2, 0.25) is 0 Å². The summed E-state index contributed by atoms with van der Waals surface area (Å²) < 4.78 is 41.7. The molecule has 0 aliphatic rings. The summed E-state index contributed by atoms with van der Waals surface area (Å²) in [6.07, 6.45) is 4.56. The maximum Gasteiger partial charge on any atom is 0.387 e. The largest absolute Gasteiger partial charge is 0.487 e. The number of rotatable bonds is 9. The minimum atomic E-state index is -2.98. The van der Waals surface area contributed by atoms with E-state index in [1.807, 2.05) is 4.90 Å². The van der Waals surface area contributed by atoms with Gasteiger partial charge in [-0.15, -0.1) is 0 Å². The highest BCUT2D eigenvalue weighted by Crippen LogP contribution is 2.37. The van der Waals surface area contributed by atoms with E-state index >= 15 is 0 Å². The summed E-state index contributed by atoms with van der Waals surface area (Å²) in [5.41, 5.74) is 2.04. The number of alkyl halides is 2. The van der Waals surface area contributed by atoms with Crippen LogP contribution in [0.5, 0.6) is 11.5 Å². The number of hydrogen-bond acceptors (Lipinski definition) is 7. The molecule has 0 aliphatic heterocycles. The van der Waals surface area contributed by atoms with Crippen LogP contribution in [0.2, 0.25) is 0 Å². The molecule has 9 heteroatoms. The van der Waals surface area contributed by atoms with E-state index in [1.165, 1.54) is 12.4 Å². The highest BCUT2D eigenvalue weighted by Gasteiger charge is 2.20. The van der Waals surface area contributed by atoms with Gasteiger partial charge in [-0.05, 0) is 71.0 Å². The van der Waals surface area contributed by atoms with E-state index < -0.39 is 18.2 Å².